The smallest absolute Gasteiger partial charge is 0.122 e. The molecule has 0 saturated carbocycles. The Bertz CT molecular complexity index is 211. The molecule has 0 aromatic rings. The summed E-state index contributed by atoms with van der Waals surface area (Å²) in [4.78, 5) is 10.3. The van der Waals surface area contributed by atoms with E-state index in [2.05, 4.69) is 0 Å². The van der Waals surface area contributed by atoms with Crippen LogP contribution in [0.1, 0.15) is 19.3 Å². The van der Waals surface area contributed by atoms with E-state index in [1.165, 1.54) is 0 Å². The van der Waals surface area contributed by atoms with Crippen LogP contribution in [-0.4, -0.2) is 44.9 Å². The summed E-state index contributed by atoms with van der Waals surface area (Å²) in [6, 6.07) is 0. The second kappa shape index (κ2) is 4.30. The van der Waals surface area contributed by atoms with E-state index >= 15 is 0 Å². The molecule has 0 aromatic carbocycles. The first-order valence-electron chi connectivity index (χ1n) is 4.32. The van der Waals surface area contributed by atoms with E-state index in [1.54, 1.807) is 10.6 Å². The molecule has 0 radical (unpaired) electrons. The van der Waals surface area contributed by atoms with Crippen LogP contribution in [0.15, 0.2) is 0 Å². The predicted molar refractivity (Wildman–Crippen MR) is 50.5 cm³/mol. The zero-order chi connectivity index (χ0) is 9.90. The number of nitrogens with zero attached hydrogens (tertiary/aromatic N) is 1. The third kappa shape index (κ3) is 2.86. The van der Waals surface area contributed by atoms with Crippen LogP contribution in [0.4, 0.5) is 0 Å². The van der Waals surface area contributed by atoms with E-state index in [9.17, 15) is 14.1 Å². The molecule has 1 unspecified atom stereocenters. The Morgan fingerprint density at radius 1 is 1.54 bits per heavy atom. The highest BCUT2D eigenvalue weighted by atomic mass is 32.2. The van der Waals surface area contributed by atoms with Gasteiger partial charge in [-0.25, -0.2) is 8.51 Å². The highest BCUT2D eigenvalue weighted by Gasteiger charge is 2.32. The molecule has 1 saturated heterocycles. The van der Waals surface area contributed by atoms with Gasteiger partial charge in [-0.05, 0) is 12.8 Å². The van der Waals surface area contributed by atoms with Crippen molar-refractivity contribution in [3.05, 3.63) is 0 Å². The van der Waals surface area contributed by atoms with Gasteiger partial charge in [-0.15, -0.1) is 0 Å². The van der Waals surface area contributed by atoms with Gasteiger partial charge in [-0.1, -0.05) is 0 Å². The molecule has 1 fully saturated rings. The number of aldehydes is 1. The van der Waals surface area contributed by atoms with Crippen molar-refractivity contribution in [1.29, 1.82) is 0 Å². The molecule has 0 bridgehead atoms. The summed E-state index contributed by atoms with van der Waals surface area (Å²) in [5.74, 6) is 0. The second-order valence-corrected chi connectivity index (χ2v) is 4.81. The van der Waals surface area contributed by atoms with Gasteiger partial charge in [-0.3, -0.25) is 0 Å². The molecule has 0 aromatic heterocycles. The Morgan fingerprint density at radius 2 is 2.08 bits per heavy atom. The highest BCUT2D eigenvalue weighted by Crippen LogP contribution is 2.24. The lowest BCUT2D eigenvalue weighted by Gasteiger charge is -2.35. The standard InChI is InChI=1S/C8H15NO3S/c1-13(12)9-5-2-8(11,3-6-9)4-7-10/h7,11H,2-6H2,1H3. The van der Waals surface area contributed by atoms with Crippen molar-refractivity contribution in [3.63, 3.8) is 0 Å². The summed E-state index contributed by atoms with van der Waals surface area (Å²) in [5, 5.41) is 9.81. The molecular formula is C8H15NO3S. The number of carbonyl (C=O) groups excluding carboxylic acids is 1. The van der Waals surface area contributed by atoms with Crippen molar-refractivity contribution < 1.29 is 14.1 Å². The maximum atomic E-state index is 11.1. The number of hydrogen-bond acceptors (Lipinski definition) is 3. The fraction of sp³-hybridized carbons (Fsp3) is 0.875. The minimum Gasteiger partial charge on any atom is -0.389 e. The largest absolute Gasteiger partial charge is 0.389 e. The second-order valence-electron chi connectivity index (χ2n) is 3.45. The van der Waals surface area contributed by atoms with Gasteiger partial charge in [0.1, 0.15) is 6.29 Å². The molecule has 1 rings (SSSR count). The number of piperidine rings is 1. The molecular weight excluding hydrogens is 190 g/mol. The molecule has 4 nitrogen and oxygen atoms in total. The summed E-state index contributed by atoms with van der Waals surface area (Å²) in [5.41, 5.74) is -0.850. The van der Waals surface area contributed by atoms with Crippen LogP contribution < -0.4 is 0 Å². The minimum absolute atomic E-state index is 0.192. The normalized spacial score (nSPS) is 25.4. The lowest BCUT2D eigenvalue weighted by Crippen LogP contribution is -2.44. The molecule has 76 valence electrons. The molecule has 1 aliphatic rings. The van der Waals surface area contributed by atoms with Crippen LogP contribution in [0, 0.1) is 0 Å². The lowest BCUT2D eigenvalue weighted by molar-refractivity contribution is -0.113. The number of hydrogen-bond donors (Lipinski definition) is 1. The van der Waals surface area contributed by atoms with Gasteiger partial charge in [0, 0.05) is 25.8 Å². The molecule has 1 heterocycles. The Morgan fingerprint density at radius 3 is 2.46 bits per heavy atom. The van der Waals surface area contributed by atoms with Crippen LogP contribution in [0.25, 0.3) is 0 Å². The summed E-state index contributed by atoms with van der Waals surface area (Å²) in [6.07, 6.45) is 3.64. The maximum Gasteiger partial charge on any atom is 0.122 e. The summed E-state index contributed by atoms with van der Waals surface area (Å²) >= 11 is 0. The van der Waals surface area contributed by atoms with Crippen LogP contribution in [0.3, 0.4) is 0 Å². The number of carbonyl (C=O) groups is 1. The predicted octanol–water partition coefficient (Wildman–Crippen LogP) is -0.304. The number of rotatable bonds is 3. The van der Waals surface area contributed by atoms with Gasteiger partial charge in [0.2, 0.25) is 0 Å². The summed E-state index contributed by atoms with van der Waals surface area (Å²) in [7, 11) is -0.955. The molecule has 13 heavy (non-hydrogen) atoms. The van der Waals surface area contributed by atoms with E-state index in [0.29, 0.717) is 25.9 Å². The highest BCUT2D eigenvalue weighted by molar-refractivity contribution is 7.81. The SMILES string of the molecule is CS(=O)N1CCC(O)(CC=O)CC1. The first kappa shape index (κ1) is 10.8. The first-order valence-corrected chi connectivity index (χ1v) is 5.83. The Kier molecular flexibility index (Phi) is 3.58. The van der Waals surface area contributed by atoms with Crippen molar-refractivity contribution in [2.45, 2.75) is 24.9 Å². The average Bonchev–Trinajstić information content (AvgIpc) is 2.05. The van der Waals surface area contributed by atoms with E-state index in [1.807, 2.05) is 0 Å². The van der Waals surface area contributed by atoms with Crippen molar-refractivity contribution in [2.24, 2.45) is 0 Å². The zero-order valence-electron chi connectivity index (χ0n) is 7.73. The van der Waals surface area contributed by atoms with Gasteiger partial charge in [0.05, 0.1) is 16.6 Å². The van der Waals surface area contributed by atoms with Crippen molar-refractivity contribution in [1.82, 2.24) is 4.31 Å². The maximum absolute atomic E-state index is 11.1. The quantitative estimate of drug-likeness (QED) is 0.643. The average molecular weight is 205 g/mol. The van der Waals surface area contributed by atoms with E-state index in [0.717, 1.165) is 6.29 Å². The summed E-state index contributed by atoms with van der Waals surface area (Å²) < 4.78 is 12.9. The first-order chi connectivity index (χ1) is 6.07. The minimum atomic E-state index is -0.955. The van der Waals surface area contributed by atoms with Crippen LogP contribution in [-0.2, 0) is 15.8 Å². The summed E-state index contributed by atoms with van der Waals surface area (Å²) in [6.45, 7) is 1.21. The van der Waals surface area contributed by atoms with E-state index in [-0.39, 0.29) is 6.42 Å². The van der Waals surface area contributed by atoms with Crippen molar-refractivity contribution in [3.8, 4) is 0 Å². The van der Waals surface area contributed by atoms with Crippen molar-refractivity contribution in [2.75, 3.05) is 19.3 Å². The Labute approximate surface area is 80.5 Å². The molecule has 1 aliphatic heterocycles. The number of aliphatic hydroxyl groups is 1. The fourth-order valence-electron chi connectivity index (χ4n) is 1.52. The Balaban J connectivity index is 2.46. The van der Waals surface area contributed by atoms with Gasteiger partial charge in [0.15, 0.2) is 0 Å². The van der Waals surface area contributed by atoms with Gasteiger partial charge in [0.25, 0.3) is 0 Å². The lowest BCUT2D eigenvalue weighted by atomic mass is 9.90. The molecule has 1 N–H and O–H groups in total. The van der Waals surface area contributed by atoms with Gasteiger partial charge < -0.3 is 9.90 Å². The Hall–Kier alpha value is -0.260. The van der Waals surface area contributed by atoms with E-state index in [4.69, 9.17) is 0 Å². The third-order valence-electron chi connectivity index (χ3n) is 2.48. The molecule has 1 atom stereocenters. The van der Waals surface area contributed by atoms with Crippen LogP contribution in [0.2, 0.25) is 0 Å². The fourth-order valence-corrected chi connectivity index (χ4v) is 2.22. The molecule has 0 amide bonds. The third-order valence-corrected chi connectivity index (χ3v) is 3.57. The molecule has 0 aliphatic carbocycles. The van der Waals surface area contributed by atoms with E-state index < -0.39 is 16.6 Å². The van der Waals surface area contributed by atoms with Gasteiger partial charge >= 0.3 is 0 Å². The van der Waals surface area contributed by atoms with Crippen LogP contribution >= 0.6 is 0 Å². The van der Waals surface area contributed by atoms with Crippen LogP contribution in [0.5, 0.6) is 0 Å². The monoisotopic (exact) mass is 205 g/mol. The van der Waals surface area contributed by atoms with Gasteiger partial charge in [-0.2, -0.15) is 0 Å². The van der Waals surface area contributed by atoms with Crippen molar-refractivity contribution >= 4 is 17.3 Å². The molecule has 5 heteroatoms. The zero-order valence-corrected chi connectivity index (χ0v) is 8.55. The topological polar surface area (TPSA) is 57.6 Å². The molecule has 0 spiro atoms.